The van der Waals surface area contributed by atoms with E-state index in [9.17, 15) is 4.39 Å². The first-order chi connectivity index (χ1) is 9.10. The van der Waals surface area contributed by atoms with Crippen LogP contribution < -0.4 is 9.47 Å². The average molecular weight is 281 g/mol. The Morgan fingerprint density at radius 2 is 1.89 bits per heavy atom. The predicted molar refractivity (Wildman–Crippen MR) is 73.5 cm³/mol. The Balaban J connectivity index is 2.18. The van der Waals surface area contributed by atoms with Crippen LogP contribution in [0.15, 0.2) is 36.4 Å². The van der Waals surface area contributed by atoms with Gasteiger partial charge in [-0.15, -0.1) is 0 Å². The molecule has 0 fully saturated rings. The highest BCUT2D eigenvalue weighted by Gasteiger charge is 2.08. The molecule has 19 heavy (non-hydrogen) atoms. The lowest BCUT2D eigenvalue weighted by Crippen LogP contribution is -2.00. The van der Waals surface area contributed by atoms with Crippen molar-refractivity contribution in [2.75, 3.05) is 7.11 Å². The average Bonchev–Trinajstić information content (AvgIpc) is 2.40. The minimum absolute atomic E-state index is 0.199. The Kier molecular flexibility index (Phi) is 4.27. The molecule has 0 aliphatic heterocycles. The lowest BCUT2D eigenvalue weighted by Gasteiger charge is -2.11. The van der Waals surface area contributed by atoms with Crippen LogP contribution in [0.4, 0.5) is 4.39 Å². The number of rotatable bonds is 4. The highest BCUT2D eigenvalue weighted by atomic mass is 35.5. The maximum Gasteiger partial charge on any atom is 0.165 e. The quantitative estimate of drug-likeness (QED) is 0.828. The molecule has 100 valence electrons. The van der Waals surface area contributed by atoms with Gasteiger partial charge >= 0.3 is 0 Å². The summed E-state index contributed by atoms with van der Waals surface area (Å²) in [5, 5.41) is 0.587. The van der Waals surface area contributed by atoms with E-state index >= 15 is 0 Å². The van der Waals surface area contributed by atoms with Crippen LogP contribution in [0.2, 0.25) is 5.02 Å². The molecular weight excluding hydrogens is 267 g/mol. The van der Waals surface area contributed by atoms with Crippen molar-refractivity contribution in [2.24, 2.45) is 0 Å². The van der Waals surface area contributed by atoms with Crippen LogP contribution in [0.25, 0.3) is 0 Å². The van der Waals surface area contributed by atoms with Crippen molar-refractivity contribution < 1.29 is 13.9 Å². The SMILES string of the molecule is COc1ccc(Cl)cc1COc1cc(C)ccc1F. The third-order valence-electron chi connectivity index (χ3n) is 2.71. The molecule has 0 spiro atoms. The van der Waals surface area contributed by atoms with E-state index in [0.29, 0.717) is 10.8 Å². The minimum Gasteiger partial charge on any atom is -0.496 e. The van der Waals surface area contributed by atoms with Crippen molar-refractivity contribution in [3.8, 4) is 11.5 Å². The van der Waals surface area contributed by atoms with Crippen molar-refractivity contribution >= 4 is 11.6 Å². The van der Waals surface area contributed by atoms with E-state index in [4.69, 9.17) is 21.1 Å². The molecule has 0 saturated carbocycles. The molecule has 4 heteroatoms. The zero-order chi connectivity index (χ0) is 13.8. The Hall–Kier alpha value is -1.74. The predicted octanol–water partition coefficient (Wildman–Crippen LogP) is 4.38. The number of hydrogen-bond donors (Lipinski definition) is 0. The van der Waals surface area contributed by atoms with E-state index in [0.717, 1.165) is 11.1 Å². The second-order valence-corrected chi connectivity index (χ2v) is 4.62. The smallest absolute Gasteiger partial charge is 0.165 e. The Morgan fingerprint density at radius 1 is 1.11 bits per heavy atom. The van der Waals surface area contributed by atoms with E-state index in [1.807, 2.05) is 6.92 Å². The van der Waals surface area contributed by atoms with Crippen LogP contribution in [0, 0.1) is 12.7 Å². The van der Waals surface area contributed by atoms with Gasteiger partial charge in [-0.2, -0.15) is 0 Å². The molecule has 0 atom stereocenters. The van der Waals surface area contributed by atoms with Crippen molar-refractivity contribution in [3.05, 3.63) is 58.4 Å². The minimum atomic E-state index is -0.383. The number of hydrogen-bond acceptors (Lipinski definition) is 2. The van der Waals surface area contributed by atoms with Gasteiger partial charge in [-0.3, -0.25) is 0 Å². The highest BCUT2D eigenvalue weighted by molar-refractivity contribution is 6.30. The summed E-state index contributed by atoms with van der Waals surface area (Å²) in [5.74, 6) is 0.506. The van der Waals surface area contributed by atoms with E-state index in [1.165, 1.54) is 6.07 Å². The van der Waals surface area contributed by atoms with Crippen LogP contribution in [-0.2, 0) is 6.61 Å². The van der Waals surface area contributed by atoms with Gasteiger partial charge in [0.25, 0.3) is 0 Å². The lowest BCUT2D eigenvalue weighted by molar-refractivity contribution is 0.282. The van der Waals surface area contributed by atoms with Gasteiger partial charge in [-0.1, -0.05) is 17.7 Å². The van der Waals surface area contributed by atoms with Crippen LogP contribution >= 0.6 is 11.6 Å². The summed E-state index contributed by atoms with van der Waals surface area (Å²) in [4.78, 5) is 0. The van der Waals surface area contributed by atoms with E-state index in [1.54, 1.807) is 37.4 Å². The van der Waals surface area contributed by atoms with Gasteiger partial charge in [-0.25, -0.2) is 4.39 Å². The van der Waals surface area contributed by atoms with E-state index in [-0.39, 0.29) is 18.2 Å². The molecule has 0 unspecified atom stereocenters. The maximum absolute atomic E-state index is 13.6. The molecule has 0 saturated heterocycles. The van der Waals surface area contributed by atoms with Gasteiger partial charge in [0.1, 0.15) is 12.4 Å². The fourth-order valence-electron chi connectivity index (χ4n) is 1.74. The Labute approximate surface area is 116 Å². The monoisotopic (exact) mass is 280 g/mol. The molecule has 0 aromatic heterocycles. The molecule has 2 aromatic carbocycles. The lowest BCUT2D eigenvalue weighted by atomic mass is 10.2. The summed E-state index contributed by atoms with van der Waals surface area (Å²) < 4.78 is 24.2. The number of aryl methyl sites for hydroxylation is 1. The first-order valence-electron chi connectivity index (χ1n) is 5.81. The molecular formula is C15H14ClFO2. The number of ether oxygens (including phenoxy) is 2. The molecule has 0 bridgehead atoms. The first kappa shape index (κ1) is 13.7. The van der Waals surface area contributed by atoms with Gasteiger partial charge in [0.05, 0.1) is 7.11 Å². The van der Waals surface area contributed by atoms with Crippen molar-refractivity contribution in [1.29, 1.82) is 0 Å². The van der Waals surface area contributed by atoms with Crippen molar-refractivity contribution in [1.82, 2.24) is 0 Å². The molecule has 0 radical (unpaired) electrons. The number of benzene rings is 2. The first-order valence-corrected chi connectivity index (χ1v) is 6.19. The summed E-state index contributed by atoms with van der Waals surface area (Å²) >= 11 is 5.93. The molecule has 0 aliphatic carbocycles. The van der Waals surface area contributed by atoms with Gasteiger partial charge in [0.2, 0.25) is 0 Å². The number of methoxy groups -OCH3 is 1. The van der Waals surface area contributed by atoms with Crippen molar-refractivity contribution in [2.45, 2.75) is 13.5 Å². The fourth-order valence-corrected chi connectivity index (χ4v) is 1.93. The van der Waals surface area contributed by atoms with E-state index in [2.05, 4.69) is 0 Å². The molecule has 2 rings (SSSR count). The normalized spacial score (nSPS) is 10.3. The number of halogens is 2. The summed E-state index contributed by atoms with van der Waals surface area (Å²) in [6.45, 7) is 2.08. The topological polar surface area (TPSA) is 18.5 Å². The summed E-state index contributed by atoms with van der Waals surface area (Å²) in [6.07, 6.45) is 0. The fraction of sp³-hybridized carbons (Fsp3) is 0.200. The summed E-state index contributed by atoms with van der Waals surface area (Å²) in [7, 11) is 1.57. The second kappa shape index (κ2) is 5.93. The Morgan fingerprint density at radius 3 is 2.63 bits per heavy atom. The molecule has 0 aliphatic rings. The zero-order valence-electron chi connectivity index (χ0n) is 10.7. The standard InChI is InChI=1S/C15H14ClFO2/c1-10-3-5-13(17)15(7-10)19-9-11-8-12(16)4-6-14(11)18-2/h3-8H,9H2,1-2H3. The van der Waals surface area contributed by atoms with Gasteiger partial charge in [0, 0.05) is 10.6 Å². The highest BCUT2D eigenvalue weighted by Crippen LogP contribution is 2.25. The molecule has 0 N–H and O–H groups in total. The van der Waals surface area contributed by atoms with Crippen LogP contribution in [0.5, 0.6) is 11.5 Å². The second-order valence-electron chi connectivity index (χ2n) is 4.18. The molecule has 2 nitrogen and oxygen atoms in total. The van der Waals surface area contributed by atoms with Crippen LogP contribution in [0.3, 0.4) is 0 Å². The maximum atomic E-state index is 13.6. The van der Waals surface area contributed by atoms with Crippen LogP contribution in [0.1, 0.15) is 11.1 Å². The van der Waals surface area contributed by atoms with Gasteiger partial charge in [0.15, 0.2) is 11.6 Å². The largest absolute Gasteiger partial charge is 0.496 e. The summed E-state index contributed by atoms with van der Waals surface area (Å²) in [5.41, 5.74) is 1.71. The molecule has 0 heterocycles. The van der Waals surface area contributed by atoms with E-state index < -0.39 is 0 Å². The van der Waals surface area contributed by atoms with Crippen molar-refractivity contribution in [3.63, 3.8) is 0 Å². The molecule has 2 aromatic rings. The zero-order valence-corrected chi connectivity index (χ0v) is 11.5. The molecule has 0 amide bonds. The van der Waals surface area contributed by atoms with Gasteiger partial charge in [-0.05, 0) is 42.8 Å². The van der Waals surface area contributed by atoms with Crippen LogP contribution in [-0.4, -0.2) is 7.11 Å². The Bertz CT molecular complexity index is 584. The third kappa shape index (κ3) is 3.38. The third-order valence-corrected chi connectivity index (χ3v) is 2.95. The van der Waals surface area contributed by atoms with Gasteiger partial charge < -0.3 is 9.47 Å². The summed E-state index contributed by atoms with van der Waals surface area (Å²) in [6, 6.07) is 9.98.